The average Bonchev–Trinajstić information content (AvgIpc) is 3.65. The zero-order chi connectivity index (χ0) is 28.5. The number of aryl methyl sites for hydroxylation is 2. The largest absolute Gasteiger partial charge is 0.477 e. The standard InChI is InChI=1S/C31H40N8O2/c1-20-15-23-16-27(34-20)25-18-33-38(4)30(25)41-14-5-7-22(21-8-9-21)19-39-28-17-24(32-12-6-13-37(2)3)10-11-26(28)35-31(39)36-29(23)40/h10-11,15-18,21-22,32H,5-9,12-14,19H2,1-4H3,(H,35,36,40). The number of anilines is 3. The SMILES string of the molecule is Cc1cc2cc(n1)-c1cnn(C)c1OCCCC(C1CC1)CN1/C(=N/C2=O)Nc2ccc(NCCCN(C)C)cc21. The molecule has 2 aromatic heterocycles. The van der Waals surface area contributed by atoms with Gasteiger partial charge in [0, 0.05) is 37.1 Å². The van der Waals surface area contributed by atoms with E-state index in [1.807, 2.05) is 14.0 Å². The number of pyridine rings is 1. The molecule has 1 fully saturated rings. The van der Waals surface area contributed by atoms with Gasteiger partial charge >= 0.3 is 0 Å². The number of benzene rings is 1. The fourth-order valence-corrected chi connectivity index (χ4v) is 5.83. The maximum Gasteiger partial charge on any atom is 0.280 e. The van der Waals surface area contributed by atoms with Gasteiger partial charge in [0.05, 0.1) is 35.4 Å². The summed E-state index contributed by atoms with van der Waals surface area (Å²) in [4.78, 5) is 27.4. The predicted octanol–water partition coefficient (Wildman–Crippen LogP) is 4.78. The van der Waals surface area contributed by atoms with Gasteiger partial charge in [0.2, 0.25) is 11.8 Å². The highest BCUT2D eigenvalue weighted by Crippen LogP contribution is 2.43. The summed E-state index contributed by atoms with van der Waals surface area (Å²) in [5.41, 5.74) is 5.78. The van der Waals surface area contributed by atoms with Crippen LogP contribution < -0.4 is 20.3 Å². The number of hydrogen-bond donors (Lipinski definition) is 2. The van der Waals surface area contributed by atoms with Crippen molar-refractivity contribution in [2.24, 2.45) is 23.9 Å². The van der Waals surface area contributed by atoms with E-state index < -0.39 is 0 Å². The molecule has 41 heavy (non-hydrogen) atoms. The Kier molecular flexibility index (Phi) is 7.66. The van der Waals surface area contributed by atoms with Crippen molar-refractivity contribution in [3.63, 3.8) is 0 Å². The minimum Gasteiger partial charge on any atom is -0.477 e. The monoisotopic (exact) mass is 556 g/mol. The number of aliphatic imine (C=N–C) groups is 1. The number of ether oxygens (including phenoxy) is 1. The maximum atomic E-state index is 13.7. The number of nitrogens with zero attached hydrogens (tertiary/aromatic N) is 6. The summed E-state index contributed by atoms with van der Waals surface area (Å²) in [6.07, 6.45) is 7.30. The summed E-state index contributed by atoms with van der Waals surface area (Å²) < 4.78 is 8.01. The highest BCUT2D eigenvalue weighted by molar-refractivity contribution is 6.19. The average molecular weight is 557 g/mol. The first kappa shape index (κ1) is 27.3. The van der Waals surface area contributed by atoms with Crippen LogP contribution in [0.15, 0.2) is 41.5 Å². The van der Waals surface area contributed by atoms with Crippen molar-refractivity contribution in [2.75, 3.05) is 55.9 Å². The Balaban J connectivity index is 1.35. The van der Waals surface area contributed by atoms with Crippen molar-refractivity contribution in [3.8, 4) is 17.1 Å². The van der Waals surface area contributed by atoms with E-state index in [0.717, 1.165) is 67.2 Å². The van der Waals surface area contributed by atoms with Gasteiger partial charge < -0.3 is 25.2 Å². The molecule has 2 N–H and O–H groups in total. The predicted molar refractivity (Wildman–Crippen MR) is 163 cm³/mol. The molecule has 3 aliphatic rings. The van der Waals surface area contributed by atoms with Crippen LogP contribution in [0.1, 0.15) is 48.2 Å². The molecular formula is C31H40N8O2. The maximum absolute atomic E-state index is 13.7. The molecule has 1 atom stereocenters. The zero-order valence-corrected chi connectivity index (χ0v) is 24.5. The quantitative estimate of drug-likeness (QED) is 0.419. The van der Waals surface area contributed by atoms with Crippen LogP contribution in [0.2, 0.25) is 0 Å². The van der Waals surface area contributed by atoms with Gasteiger partial charge in [0.25, 0.3) is 5.91 Å². The fraction of sp³-hybridized carbons (Fsp3) is 0.484. The number of guanidine groups is 1. The molecule has 0 radical (unpaired) electrons. The Labute approximate surface area is 241 Å². The molecule has 1 unspecified atom stereocenters. The van der Waals surface area contributed by atoms with Gasteiger partial charge in [-0.25, -0.2) is 4.68 Å². The Morgan fingerprint density at radius 3 is 2.80 bits per heavy atom. The second-order valence-electron chi connectivity index (χ2n) is 11.7. The molecule has 4 heterocycles. The lowest BCUT2D eigenvalue weighted by Crippen LogP contribution is -2.36. The minimum absolute atomic E-state index is 0.303. The fourth-order valence-electron chi connectivity index (χ4n) is 5.83. The highest BCUT2D eigenvalue weighted by atomic mass is 16.5. The number of fused-ring (bicyclic) bond motifs is 7. The number of amides is 1. The zero-order valence-electron chi connectivity index (χ0n) is 24.5. The van der Waals surface area contributed by atoms with Gasteiger partial charge in [-0.3, -0.25) is 9.78 Å². The van der Waals surface area contributed by atoms with Crippen LogP contribution in [0.25, 0.3) is 11.3 Å². The molecule has 3 aromatic rings. The Bertz CT molecular complexity index is 1460. The number of carbonyl (C=O) groups excluding carboxylic acids is 1. The topological polar surface area (TPSA) is 99.9 Å². The molecule has 2 aliphatic heterocycles. The lowest BCUT2D eigenvalue weighted by atomic mass is 9.97. The summed E-state index contributed by atoms with van der Waals surface area (Å²) in [6.45, 7) is 5.23. The van der Waals surface area contributed by atoms with Crippen molar-refractivity contribution in [3.05, 3.63) is 47.8 Å². The summed E-state index contributed by atoms with van der Waals surface area (Å²) in [7, 11) is 6.06. The van der Waals surface area contributed by atoms with Gasteiger partial charge in [-0.15, -0.1) is 0 Å². The van der Waals surface area contributed by atoms with E-state index in [0.29, 0.717) is 41.5 Å². The Hall–Kier alpha value is -3.92. The Morgan fingerprint density at radius 2 is 2.00 bits per heavy atom. The van der Waals surface area contributed by atoms with E-state index in [2.05, 4.69) is 62.8 Å². The molecule has 10 nitrogen and oxygen atoms in total. The smallest absolute Gasteiger partial charge is 0.280 e. The number of rotatable bonds is 6. The minimum atomic E-state index is -0.303. The lowest BCUT2D eigenvalue weighted by Gasteiger charge is -2.26. The van der Waals surface area contributed by atoms with E-state index in [4.69, 9.17) is 9.72 Å². The first-order valence-electron chi connectivity index (χ1n) is 14.7. The Morgan fingerprint density at radius 1 is 1.15 bits per heavy atom. The van der Waals surface area contributed by atoms with Gasteiger partial charge in [-0.1, -0.05) is 0 Å². The van der Waals surface area contributed by atoms with Gasteiger partial charge in [0.15, 0.2) is 0 Å². The molecule has 1 amide bonds. The van der Waals surface area contributed by atoms with Crippen molar-refractivity contribution in [1.29, 1.82) is 0 Å². The number of nitrogens with one attached hydrogen (secondary N) is 2. The summed E-state index contributed by atoms with van der Waals surface area (Å²) in [5, 5.41) is 11.4. The lowest BCUT2D eigenvalue weighted by molar-refractivity contribution is 0.100. The molecule has 6 rings (SSSR count). The van der Waals surface area contributed by atoms with Crippen LogP contribution in [0.3, 0.4) is 0 Å². The van der Waals surface area contributed by atoms with Crippen LogP contribution in [-0.4, -0.2) is 71.9 Å². The first-order chi connectivity index (χ1) is 19.9. The number of aromatic nitrogens is 3. The van der Waals surface area contributed by atoms with Crippen LogP contribution in [-0.2, 0) is 7.05 Å². The molecule has 0 spiro atoms. The van der Waals surface area contributed by atoms with Crippen molar-refractivity contribution < 1.29 is 9.53 Å². The molecular weight excluding hydrogens is 516 g/mol. The molecule has 10 heteroatoms. The van der Waals surface area contributed by atoms with E-state index in [9.17, 15) is 4.79 Å². The van der Waals surface area contributed by atoms with Crippen molar-refractivity contribution >= 4 is 28.9 Å². The summed E-state index contributed by atoms with van der Waals surface area (Å²) >= 11 is 0. The second kappa shape index (κ2) is 11.5. The van der Waals surface area contributed by atoms with E-state index in [-0.39, 0.29) is 5.91 Å². The van der Waals surface area contributed by atoms with Crippen LogP contribution in [0.4, 0.5) is 17.1 Å². The number of carbonyl (C=O) groups is 1. The third-order valence-electron chi connectivity index (χ3n) is 8.13. The molecule has 216 valence electrons. The molecule has 1 aliphatic carbocycles. The van der Waals surface area contributed by atoms with E-state index >= 15 is 0 Å². The van der Waals surface area contributed by atoms with Crippen LogP contribution in [0, 0.1) is 18.8 Å². The second-order valence-corrected chi connectivity index (χ2v) is 11.7. The van der Waals surface area contributed by atoms with Gasteiger partial charge in [-0.05, 0) is 102 Å². The van der Waals surface area contributed by atoms with Gasteiger partial charge in [-0.2, -0.15) is 10.1 Å². The normalized spacial score (nSPS) is 20.1. The third kappa shape index (κ3) is 6.07. The molecule has 1 saturated carbocycles. The van der Waals surface area contributed by atoms with Gasteiger partial charge in [0.1, 0.15) is 0 Å². The van der Waals surface area contributed by atoms with E-state index in [1.54, 1.807) is 23.0 Å². The third-order valence-corrected chi connectivity index (χ3v) is 8.13. The summed E-state index contributed by atoms with van der Waals surface area (Å²) in [6, 6.07) is 9.94. The molecule has 2 bridgehead atoms. The number of hydrogen-bond acceptors (Lipinski definition) is 8. The van der Waals surface area contributed by atoms with Crippen molar-refractivity contribution in [2.45, 2.75) is 39.0 Å². The van der Waals surface area contributed by atoms with Crippen molar-refractivity contribution in [1.82, 2.24) is 19.7 Å². The highest BCUT2D eigenvalue weighted by Gasteiger charge is 2.36. The van der Waals surface area contributed by atoms with Crippen LogP contribution >= 0.6 is 0 Å². The molecule has 1 aromatic carbocycles. The van der Waals surface area contributed by atoms with E-state index in [1.165, 1.54) is 12.8 Å². The first-order valence-corrected chi connectivity index (χ1v) is 14.7. The molecule has 0 saturated heterocycles. The summed E-state index contributed by atoms with van der Waals surface area (Å²) in [5.74, 6) is 2.12. The van der Waals surface area contributed by atoms with Crippen LogP contribution in [0.5, 0.6) is 5.88 Å².